The van der Waals surface area contributed by atoms with E-state index in [4.69, 9.17) is 16.3 Å². The molecule has 31 heavy (non-hydrogen) atoms. The van der Waals surface area contributed by atoms with Gasteiger partial charge in [0.2, 0.25) is 6.10 Å². The van der Waals surface area contributed by atoms with E-state index in [1.807, 2.05) is 32.0 Å². The number of non-ortho nitro benzene ring substituents is 1. The van der Waals surface area contributed by atoms with Gasteiger partial charge in [0.15, 0.2) is 0 Å². The van der Waals surface area contributed by atoms with Gasteiger partial charge in [-0.3, -0.25) is 14.9 Å². The Kier molecular flexibility index (Phi) is 6.67. The number of anilines is 1. The van der Waals surface area contributed by atoms with Crippen molar-refractivity contribution < 1.29 is 19.2 Å². The van der Waals surface area contributed by atoms with Gasteiger partial charge in [0.05, 0.1) is 15.5 Å². The van der Waals surface area contributed by atoms with Crippen molar-refractivity contribution in [3.63, 3.8) is 0 Å². The standard InChI is InChI=1S/C23H19ClN2O5/c1-14-8-9-15(2)20(12-14)25-22(27)21(16-6-4-3-5-7-16)31-23(28)18-13-17(26(29)30)10-11-19(18)24/h3-13,21H,1-2H3,(H,25,27). The molecule has 0 aliphatic carbocycles. The summed E-state index contributed by atoms with van der Waals surface area (Å²) in [7, 11) is 0. The zero-order chi connectivity index (χ0) is 22.5. The average Bonchev–Trinajstić information content (AvgIpc) is 2.75. The van der Waals surface area contributed by atoms with Crippen LogP contribution in [0.1, 0.15) is 33.2 Å². The van der Waals surface area contributed by atoms with Gasteiger partial charge >= 0.3 is 5.97 Å². The third-order valence-corrected chi connectivity index (χ3v) is 4.93. The molecule has 1 unspecified atom stereocenters. The van der Waals surface area contributed by atoms with Crippen LogP contribution in [0.5, 0.6) is 0 Å². The number of nitrogens with one attached hydrogen (secondary N) is 1. The van der Waals surface area contributed by atoms with E-state index in [1.54, 1.807) is 30.3 Å². The predicted molar refractivity (Wildman–Crippen MR) is 117 cm³/mol. The van der Waals surface area contributed by atoms with Crippen LogP contribution in [-0.2, 0) is 9.53 Å². The van der Waals surface area contributed by atoms with Crippen molar-refractivity contribution in [1.82, 2.24) is 0 Å². The Labute approximate surface area is 183 Å². The van der Waals surface area contributed by atoms with Gasteiger partial charge in [0, 0.05) is 23.4 Å². The number of hydrogen-bond donors (Lipinski definition) is 1. The van der Waals surface area contributed by atoms with Gasteiger partial charge in [-0.25, -0.2) is 4.79 Å². The molecule has 3 rings (SSSR count). The van der Waals surface area contributed by atoms with Crippen LogP contribution in [0.2, 0.25) is 5.02 Å². The van der Waals surface area contributed by atoms with Gasteiger partial charge in [-0.1, -0.05) is 54.1 Å². The van der Waals surface area contributed by atoms with Gasteiger partial charge < -0.3 is 10.1 Å². The summed E-state index contributed by atoms with van der Waals surface area (Å²) >= 11 is 6.05. The maximum absolute atomic E-state index is 13.1. The summed E-state index contributed by atoms with van der Waals surface area (Å²) in [5.74, 6) is -1.51. The average molecular weight is 439 g/mol. The summed E-state index contributed by atoms with van der Waals surface area (Å²) in [6.07, 6.45) is -1.29. The normalized spacial score (nSPS) is 11.5. The van der Waals surface area contributed by atoms with E-state index in [0.717, 1.165) is 17.2 Å². The minimum absolute atomic E-state index is 0.0163. The van der Waals surface area contributed by atoms with Crippen LogP contribution < -0.4 is 5.32 Å². The number of nitro groups is 1. The molecule has 0 spiro atoms. The monoisotopic (exact) mass is 438 g/mol. The van der Waals surface area contributed by atoms with E-state index in [2.05, 4.69) is 5.32 Å². The van der Waals surface area contributed by atoms with Crippen LogP contribution in [0.25, 0.3) is 0 Å². The van der Waals surface area contributed by atoms with Crippen LogP contribution in [0, 0.1) is 24.0 Å². The number of benzene rings is 3. The summed E-state index contributed by atoms with van der Waals surface area (Å²) < 4.78 is 5.48. The lowest BCUT2D eigenvalue weighted by atomic mass is 10.1. The van der Waals surface area contributed by atoms with E-state index in [-0.39, 0.29) is 16.3 Å². The highest BCUT2D eigenvalue weighted by atomic mass is 35.5. The zero-order valence-electron chi connectivity index (χ0n) is 16.8. The Hall–Kier alpha value is -3.71. The predicted octanol–water partition coefficient (Wildman–Crippen LogP) is 5.40. The smallest absolute Gasteiger partial charge is 0.341 e. The van der Waals surface area contributed by atoms with Gasteiger partial charge in [-0.15, -0.1) is 0 Å². The molecule has 0 fully saturated rings. The highest BCUT2D eigenvalue weighted by Gasteiger charge is 2.28. The highest BCUT2D eigenvalue weighted by molar-refractivity contribution is 6.33. The number of aryl methyl sites for hydroxylation is 2. The SMILES string of the molecule is Cc1ccc(C)c(NC(=O)C(OC(=O)c2cc([N+](=O)[O-])ccc2Cl)c2ccccc2)c1. The van der Waals surface area contributed by atoms with Gasteiger partial charge in [0.25, 0.3) is 11.6 Å². The third-order valence-electron chi connectivity index (χ3n) is 4.60. The Morgan fingerprint density at radius 2 is 1.74 bits per heavy atom. The van der Waals surface area contributed by atoms with Crippen LogP contribution >= 0.6 is 11.6 Å². The fourth-order valence-electron chi connectivity index (χ4n) is 2.92. The Bertz CT molecular complexity index is 1150. The number of rotatable bonds is 6. The van der Waals surface area contributed by atoms with E-state index >= 15 is 0 Å². The molecule has 0 saturated carbocycles. The zero-order valence-corrected chi connectivity index (χ0v) is 17.6. The molecule has 0 aliphatic heterocycles. The summed E-state index contributed by atoms with van der Waals surface area (Å²) in [4.78, 5) is 36.3. The molecule has 1 amide bonds. The number of carbonyl (C=O) groups excluding carboxylic acids is 2. The second kappa shape index (κ2) is 9.40. The number of hydrogen-bond acceptors (Lipinski definition) is 5. The van der Waals surface area contributed by atoms with Crippen molar-refractivity contribution in [2.75, 3.05) is 5.32 Å². The molecule has 3 aromatic carbocycles. The highest BCUT2D eigenvalue weighted by Crippen LogP contribution is 2.27. The van der Waals surface area contributed by atoms with Gasteiger partial charge in [0.1, 0.15) is 0 Å². The minimum Gasteiger partial charge on any atom is -0.444 e. The largest absolute Gasteiger partial charge is 0.444 e. The molecule has 0 heterocycles. The van der Waals surface area contributed by atoms with Gasteiger partial charge in [-0.05, 0) is 37.1 Å². The second-order valence-corrected chi connectivity index (χ2v) is 7.33. The molecule has 8 heteroatoms. The van der Waals surface area contributed by atoms with Crippen LogP contribution in [0.4, 0.5) is 11.4 Å². The van der Waals surface area contributed by atoms with Crippen LogP contribution in [-0.4, -0.2) is 16.8 Å². The minimum atomic E-state index is -1.29. The summed E-state index contributed by atoms with van der Waals surface area (Å²) in [5.41, 5.74) is 2.33. The first kappa shape index (κ1) is 22.0. The lowest BCUT2D eigenvalue weighted by Gasteiger charge is -2.19. The van der Waals surface area contributed by atoms with Crippen molar-refractivity contribution >= 4 is 34.9 Å². The van der Waals surface area contributed by atoms with E-state index in [9.17, 15) is 19.7 Å². The topological polar surface area (TPSA) is 98.5 Å². The Morgan fingerprint density at radius 1 is 1.03 bits per heavy atom. The maximum Gasteiger partial charge on any atom is 0.341 e. The number of halogens is 1. The third kappa shape index (κ3) is 5.26. The quantitative estimate of drug-likeness (QED) is 0.315. The van der Waals surface area contributed by atoms with Crippen molar-refractivity contribution in [2.45, 2.75) is 20.0 Å². The molecule has 1 atom stereocenters. The number of nitro benzene ring substituents is 1. The lowest BCUT2D eigenvalue weighted by molar-refractivity contribution is -0.384. The molecule has 0 radical (unpaired) electrons. The van der Waals surface area contributed by atoms with Gasteiger partial charge in [-0.2, -0.15) is 0 Å². The van der Waals surface area contributed by atoms with E-state index in [1.165, 1.54) is 12.1 Å². The van der Waals surface area contributed by atoms with Crippen molar-refractivity contribution in [1.29, 1.82) is 0 Å². The van der Waals surface area contributed by atoms with Crippen LogP contribution in [0.3, 0.4) is 0 Å². The summed E-state index contributed by atoms with van der Waals surface area (Å²) in [6.45, 7) is 3.75. The number of ether oxygens (including phenoxy) is 1. The van der Waals surface area contributed by atoms with Crippen LogP contribution in [0.15, 0.2) is 66.7 Å². The molecule has 0 aliphatic rings. The number of amides is 1. The fourth-order valence-corrected chi connectivity index (χ4v) is 3.12. The molecule has 0 saturated heterocycles. The fraction of sp³-hybridized carbons (Fsp3) is 0.130. The molecule has 7 nitrogen and oxygen atoms in total. The first-order chi connectivity index (χ1) is 14.8. The molecular weight excluding hydrogens is 420 g/mol. The molecule has 1 N–H and O–H groups in total. The lowest BCUT2D eigenvalue weighted by Crippen LogP contribution is -2.26. The summed E-state index contributed by atoms with van der Waals surface area (Å²) in [5, 5.41) is 13.8. The Balaban J connectivity index is 1.92. The molecule has 158 valence electrons. The van der Waals surface area contributed by atoms with E-state index < -0.39 is 22.9 Å². The second-order valence-electron chi connectivity index (χ2n) is 6.92. The number of carbonyl (C=O) groups is 2. The number of nitrogens with zero attached hydrogens (tertiary/aromatic N) is 1. The Morgan fingerprint density at radius 3 is 2.42 bits per heavy atom. The summed E-state index contributed by atoms with van der Waals surface area (Å²) in [6, 6.07) is 17.5. The van der Waals surface area contributed by atoms with Crippen molar-refractivity contribution in [2.24, 2.45) is 0 Å². The molecular formula is C23H19ClN2O5. The van der Waals surface area contributed by atoms with E-state index in [0.29, 0.717) is 11.3 Å². The molecule has 0 aromatic heterocycles. The molecule has 0 bridgehead atoms. The first-order valence-electron chi connectivity index (χ1n) is 9.34. The first-order valence-corrected chi connectivity index (χ1v) is 9.72. The maximum atomic E-state index is 13.1. The number of esters is 1. The molecule has 3 aromatic rings. The van der Waals surface area contributed by atoms with Crippen molar-refractivity contribution in [3.05, 3.63) is 104 Å². The van der Waals surface area contributed by atoms with Crippen molar-refractivity contribution in [3.8, 4) is 0 Å².